The van der Waals surface area contributed by atoms with Crippen molar-refractivity contribution in [2.24, 2.45) is 0 Å². The van der Waals surface area contributed by atoms with E-state index in [1.165, 1.54) is 0 Å². The molecule has 0 spiro atoms. The smallest absolute Gasteiger partial charge is 0.317 e. The zero-order valence-electron chi connectivity index (χ0n) is 13.0. The zero-order valence-corrected chi connectivity index (χ0v) is 13.0. The summed E-state index contributed by atoms with van der Waals surface area (Å²) in [5.74, 6) is 0.326. The van der Waals surface area contributed by atoms with Crippen molar-refractivity contribution in [3.63, 3.8) is 0 Å². The van der Waals surface area contributed by atoms with Crippen LogP contribution in [0, 0.1) is 6.92 Å². The summed E-state index contributed by atoms with van der Waals surface area (Å²) in [6, 6.07) is 1.92. The van der Waals surface area contributed by atoms with Gasteiger partial charge in [-0.2, -0.15) is 5.10 Å². The number of urea groups is 1. The van der Waals surface area contributed by atoms with Crippen LogP contribution < -0.4 is 5.32 Å². The van der Waals surface area contributed by atoms with E-state index in [0.29, 0.717) is 19.6 Å². The number of hydrogen-bond acceptors (Lipinski definition) is 3. The molecule has 0 saturated carbocycles. The molecule has 1 unspecified atom stereocenters. The van der Waals surface area contributed by atoms with Crippen LogP contribution in [0.3, 0.4) is 0 Å². The minimum absolute atomic E-state index is 0.0361. The number of piperidine rings is 1. The van der Waals surface area contributed by atoms with Gasteiger partial charge in [0.25, 0.3) is 0 Å². The Balaban J connectivity index is 1.59. The lowest BCUT2D eigenvalue weighted by Crippen LogP contribution is -2.51. The Bertz CT molecular complexity index is 556. The summed E-state index contributed by atoms with van der Waals surface area (Å²) in [6.07, 6.45) is 2.93. The summed E-state index contributed by atoms with van der Waals surface area (Å²) in [4.78, 5) is 27.7. The van der Waals surface area contributed by atoms with Gasteiger partial charge in [-0.1, -0.05) is 0 Å². The molecule has 3 amide bonds. The number of nitrogens with one attached hydrogen (secondary N) is 2. The highest BCUT2D eigenvalue weighted by Gasteiger charge is 2.28. The van der Waals surface area contributed by atoms with E-state index in [4.69, 9.17) is 0 Å². The molecule has 1 atom stereocenters. The topological polar surface area (TPSA) is 81.3 Å². The largest absolute Gasteiger partial charge is 0.340 e. The minimum atomic E-state index is -0.129. The molecule has 2 aliphatic heterocycles. The van der Waals surface area contributed by atoms with E-state index >= 15 is 0 Å². The summed E-state index contributed by atoms with van der Waals surface area (Å²) < 4.78 is 0. The van der Waals surface area contributed by atoms with Crippen LogP contribution in [0.5, 0.6) is 0 Å². The number of amides is 3. The van der Waals surface area contributed by atoms with Crippen molar-refractivity contribution in [1.29, 1.82) is 0 Å². The van der Waals surface area contributed by atoms with Crippen LogP contribution >= 0.6 is 0 Å². The number of likely N-dealkylation sites (tertiary alicyclic amines) is 1. The number of aromatic nitrogens is 2. The second-order valence-corrected chi connectivity index (χ2v) is 6.16. The van der Waals surface area contributed by atoms with E-state index in [2.05, 4.69) is 21.6 Å². The third kappa shape index (κ3) is 3.23. The van der Waals surface area contributed by atoms with Gasteiger partial charge in [-0.25, -0.2) is 4.79 Å². The Morgan fingerprint density at radius 3 is 3.00 bits per heavy atom. The maximum atomic E-state index is 12.5. The van der Waals surface area contributed by atoms with Crippen molar-refractivity contribution in [3.05, 3.63) is 17.5 Å². The predicted octanol–water partition coefficient (Wildman–Crippen LogP) is 0.839. The molecule has 1 aromatic heterocycles. The summed E-state index contributed by atoms with van der Waals surface area (Å²) in [5, 5.41) is 10.1. The Morgan fingerprint density at radius 2 is 2.27 bits per heavy atom. The van der Waals surface area contributed by atoms with Gasteiger partial charge in [-0.3, -0.25) is 9.89 Å². The molecule has 22 heavy (non-hydrogen) atoms. The van der Waals surface area contributed by atoms with Crippen LogP contribution in [0.1, 0.15) is 36.6 Å². The van der Waals surface area contributed by atoms with Crippen molar-refractivity contribution in [3.8, 4) is 0 Å². The van der Waals surface area contributed by atoms with Crippen molar-refractivity contribution in [2.75, 3.05) is 32.7 Å². The highest BCUT2D eigenvalue weighted by Crippen LogP contribution is 2.26. The summed E-state index contributed by atoms with van der Waals surface area (Å²) in [5.41, 5.74) is 2.08. The molecule has 2 aliphatic rings. The molecule has 3 heterocycles. The Labute approximate surface area is 130 Å². The first-order valence-electron chi connectivity index (χ1n) is 7.96. The molecule has 3 rings (SSSR count). The van der Waals surface area contributed by atoms with E-state index in [1.807, 2.05) is 11.8 Å². The van der Waals surface area contributed by atoms with Gasteiger partial charge in [0.05, 0.1) is 5.69 Å². The average Bonchev–Trinajstić information content (AvgIpc) is 2.96. The number of carbonyl (C=O) groups excluding carboxylic acids is 2. The predicted molar refractivity (Wildman–Crippen MR) is 81.5 cm³/mol. The second kappa shape index (κ2) is 6.37. The van der Waals surface area contributed by atoms with Crippen molar-refractivity contribution in [2.45, 2.75) is 32.1 Å². The monoisotopic (exact) mass is 305 g/mol. The summed E-state index contributed by atoms with van der Waals surface area (Å²) >= 11 is 0. The number of rotatable bonds is 3. The molecule has 0 bridgehead atoms. The molecule has 0 aromatic carbocycles. The van der Waals surface area contributed by atoms with Crippen molar-refractivity contribution < 1.29 is 9.59 Å². The van der Waals surface area contributed by atoms with Gasteiger partial charge >= 0.3 is 6.03 Å². The first-order valence-corrected chi connectivity index (χ1v) is 7.96. The van der Waals surface area contributed by atoms with Crippen molar-refractivity contribution >= 4 is 11.9 Å². The lowest BCUT2D eigenvalue weighted by molar-refractivity contribution is -0.133. The Kier molecular flexibility index (Phi) is 4.31. The van der Waals surface area contributed by atoms with E-state index in [0.717, 1.165) is 37.2 Å². The molecule has 2 N–H and O–H groups in total. The number of hydrogen-bond donors (Lipinski definition) is 2. The molecular formula is C15H23N5O2. The normalized spacial score (nSPS) is 22.6. The van der Waals surface area contributed by atoms with Gasteiger partial charge in [0.1, 0.15) is 6.54 Å². The molecule has 2 fully saturated rings. The maximum absolute atomic E-state index is 12.5. The molecule has 0 radical (unpaired) electrons. The van der Waals surface area contributed by atoms with Crippen LogP contribution in [0.2, 0.25) is 0 Å². The third-order valence-corrected chi connectivity index (χ3v) is 4.41. The molecule has 1 aromatic rings. The Hall–Kier alpha value is -2.05. The van der Waals surface area contributed by atoms with E-state index in [9.17, 15) is 9.59 Å². The van der Waals surface area contributed by atoms with Crippen LogP contribution in [0.25, 0.3) is 0 Å². The number of carbonyl (C=O) groups is 2. The number of aryl methyl sites for hydroxylation is 1. The molecule has 2 saturated heterocycles. The first kappa shape index (κ1) is 14.9. The van der Waals surface area contributed by atoms with Gasteiger partial charge < -0.3 is 15.1 Å². The number of H-pyrrole nitrogens is 1. The Morgan fingerprint density at radius 1 is 1.41 bits per heavy atom. The zero-order chi connectivity index (χ0) is 15.5. The van der Waals surface area contributed by atoms with Crippen LogP contribution in [-0.2, 0) is 4.79 Å². The van der Waals surface area contributed by atoms with Gasteiger partial charge in [0.15, 0.2) is 0 Å². The van der Waals surface area contributed by atoms with Crippen LogP contribution in [0.15, 0.2) is 6.07 Å². The molecule has 120 valence electrons. The van der Waals surface area contributed by atoms with Crippen LogP contribution in [0.4, 0.5) is 4.79 Å². The third-order valence-electron chi connectivity index (χ3n) is 4.41. The van der Waals surface area contributed by atoms with E-state index < -0.39 is 0 Å². The average molecular weight is 305 g/mol. The summed E-state index contributed by atoms with van der Waals surface area (Å²) in [6.45, 7) is 4.99. The lowest BCUT2D eigenvalue weighted by Gasteiger charge is -2.34. The molecular weight excluding hydrogens is 282 g/mol. The number of aromatic amines is 1. The minimum Gasteiger partial charge on any atom is -0.340 e. The molecule has 7 nitrogen and oxygen atoms in total. The van der Waals surface area contributed by atoms with Crippen molar-refractivity contribution in [1.82, 2.24) is 25.3 Å². The molecule has 7 heteroatoms. The quantitative estimate of drug-likeness (QED) is 0.868. The fourth-order valence-electron chi connectivity index (χ4n) is 3.19. The van der Waals surface area contributed by atoms with Gasteiger partial charge in [-0.05, 0) is 32.3 Å². The number of nitrogens with zero attached hydrogens (tertiary/aromatic N) is 3. The maximum Gasteiger partial charge on any atom is 0.317 e. The first-order chi connectivity index (χ1) is 10.6. The fourth-order valence-corrected chi connectivity index (χ4v) is 3.19. The van der Waals surface area contributed by atoms with Crippen LogP contribution in [-0.4, -0.2) is 64.7 Å². The van der Waals surface area contributed by atoms with E-state index in [-0.39, 0.29) is 24.4 Å². The SMILES string of the molecule is Cc1cc(C2CCCN(C(=O)CN3CCCNC3=O)C2)n[nH]1. The highest BCUT2D eigenvalue weighted by molar-refractivity contribution is 5.84. The lowest BCUT2D eigenvalue weighted by atomic mass is 9.94. The standard InChI is InChI=1S/C15H23N5O2/c1-11-8-13(18-17-11)12-4-2-6-19(9-12)14(21)10-20-7-3-5-16-15(20)22/h8,12H,2-7,9-10H2,1H3,(H,16,22)(H,17,18). The highest BCUT2D eigenvalue weighted by atomic mass is 16.2. The fraction of sp³-hybridized carbons (Fsp3) is 0.667. The van der Waals surface area contributed by atoms with Gasteiger partial charge in [0.2, 0.25) is 5.91 Å². The van der Waals surface area contributed by atoms with E-state index in [1.54, 1.807) is 4.90 Å². The van der Waals surface area contributed by atoms with Gasteiger partial charge in [0, 0.05) is 37.8 Å². The molecule has 0 aliphatic carbocycles. The second-order valence-electron chi connectivity index (χ2n) is 6.16. The summed E-state index contributed by atoms with van der Waals surface area (Å²) in [7, 11) is 0. The van der Waals surface area contributed by atoms with Gasteiger partial charge in [-0.15, -0.1) is 0 Å².